The summed E-state index contributed by atoms with van der Waals surface area (Å²) in [6.45, 7) is 5.77. The van der Waals surface area contributed by atoms with Gasteiger partial charge in [0.2, 0.25) is 5.91 Å². The molecule has 1 amide bonds. The van der Waals surface area contributed by atoms with Crippen LogP contribution in [0, 0.1) is 11.8 Å². The molecule has 4 heteroatoms. The number of carbonyl (C=O) groups is 1. The Kier molecular flexibility index (Phi) is 8.12. The average Bonchev–Trinajstić information content (AvgIpc) is 2.41. The Labute approximate surface area is 129 Å². The van der Waals surface area contributed by atoms with Crippen LogP contribution in [-0.2, 0) is 4.79 Å². The quantitative estimate of drug-likeness (QED) is 0.698. The van der Waals surface area contributed by atoms with Crippen molar-refractivity contribution in [2.24, 2.45) is 17.6 Å². The third kappa shape index (κ3) is 7.22. The molecule has 0 aromatic carbocycles. The van der Waals surface area contributed by atoms with E-state index in [1.165, 1.54) is 32.1 Å². The smallest absolute Gasteiger partial charge is 0.222 e. The molecule has 1 rings (SSSR count). The van der Waals surface area contributed by atoms with Gasteiger partial charge in [-0.3, -0.25) is 4.79 Å². The van der Waals surface area contributed by atoms with Crippen LogP contribution in [0.25, 0.3) is 0 Å². The van der Waals surface area contributed by atoms with Gasteiger partial charge in [0, 0.05) is 25.9 Å². The van der Waals surface area contributed by atoms with Crippen molar-refractivity contribution in [2.75, 3.05) is 13.1 Å². The third-order valence-electron chi connectivity index (χ3n) is 4.06. The lowest BCUT2D eigenvalue weighted by atomic mass is 9.86. The third-order valence-corrected chi connectivity index (χ3v) is 4.26. The van der Waals surface area contributed by atoms with Crippen LogP contribution in [0.2, 0.25) is 0 Å². The molecule has 116 valence electrons. The summed E-state index contributed by atoms with van der Waals surface area (Å²) in [7, 11) is 0. The highest BCUT2D eigenvalue weighted by molar-refractivity contribution is 7.80. The van der Waals surface area contributed by atoms with Crippen LogP contribution in [0.15, 0.2) is 0 Å². The number of carbonyl (C=O) groups excluding carboxylic acids is 1. The fourth-order valence-electron chi connectivity index (χ4n) is 2.97. The summed E-state index contributed by atoms with van der Waals surface area (Å²) in [5.74, 6) is 1.53. The Morgan fingerprint density at radius 1 is 1.25 bits per heavy atom. The molecule has 1 aliphatic carbocycles. The molecule has 0 aliphatic heterocycles. The van der Waals surface area contributed by atoms with Crippen LogP contribution < -0.4 is 5.73 Å². The molecule has 0 unspecified atom stereocenters. The van der Waals surface area contributed by atoms with Gasteiger partial charge in [0.05, 0.1) is 4.99 Å². The van der Waals surface area contributed by atoms with Crippen molar-refractivity contribution < 1.29 is 4.79 Å². The fourth-order valence-corrected chi connectivity index (χ4v) is 3.06. The second-order valence-corrected chi connectivity index (χ2v) is 7.02. The molecule has 0 atom stereocenters. The van der Waals surface area contributed by atoms with E-state index in [1.807, 2.05) is 4.90 Å². The number of hydrogen-bond donors (Lipinski definition) is 1. The van der Waals surface area contributed by atoms with E-state index < -0.39 is 0 Å². The summed E-state index contributed by atoms with van der Waals surface area (Å²) in [4.78, 5) is 14.8. The summed E-state index contributed by atoms with van der Waals surface area (Å²) in [6.07, 6.45) is 9.06. The predicted molar refractivity (Wildman–Crippen MR) is 88.6 cm³/mol. The van der Waals surface area contributed by atoms with Crippen LogP contribution in [0.3, 0.4) is 0 Å². The molecule has 2 N–H and O–H groups in total. The van der Waals surface area contributed by atoms with Gasteiger partial charge in [0.25, 0.3) is 0 Å². The van der Waals surface area contributed by atoms with E-state index in [1.54, 1.807) is 0 Å². The highest BCUT2D eigenvalue weighted by Crippen LogP contribution is 2.27. The average molecular weight is 298 g/mol. The van der Waals surface area contributed by atoms with Gasteiger partial charge in [-0.2, -0.15) is 0 Å². The van der Waals surface area contributed by atoms with Gasteiger partial charge in [-0.15, -0.1) is 0 Å². The molecular weight excluding hydrogens is 268 g/mol. The molecule has 0 saturated heterocycles. The van der Waals surface area contributed by atoms with E-state index in [4.69, 9.17) is 18.0 Å². The normalized spacial score (nSPS) is 16.4. The van der Waals surface area contributed by atoms with Gasteiger partial charge < -0.3 is 10.6 Å². The molecule has 0 aromatic rings. The van der Waals surface area contributed by atoms with Crippen molar-refractivity contribution in [1.29, 1.82) is 0 Å². The number of nitrogens with two attached hydrogens (primary N) is 1. The molecule has 1 aliphatic rings. The largest absolute Gasteiger partial charge is 0.393 e. The lowest BCUT2D eigenvalue weighted by molar-refractivity contribution is -0.132. The summed E-state index contributed by atoms with van der Waals surface area (Å²) in [6, 6.07) is 0. The number of thiocarbonyl (C=S) groups is 1. The Bertz CT molecular complexity index is 312. The Hall–Kier alpha value is -0.640. The molecule has 3 nitrogen and oxygen atoms in total. The van der Waals surface area contributed by atoms with Gasteiger partial charge in [0.15, 0.2) is 0 Å². The minimum absolute atomic E-state index is 0.278. The molecule has 0 bridgehead atoms. The second kappa shape index (κ2) is 9.32. The van der Waals surface area contributed by atoms with E-state index in [0.717, 1.165) is 18.9 Å². The van der Waals surface area contributed by atoms with E-state index in [9.17, 15) is 4.79 Å². The molecule has 0 spiro atoms. The van der Waals surface area contributed by atoms with Crippen molar-refractivity contribution in [3.63, 3.8) is 0 Å². The molecule has 0 heterocycles. The topological polar surface area (TPSA) is 46.3 Å². The van der Waals surface area contributed by atoms with Gasteiger partial charge >= 0.3 is 0 Å². The van der Waals surface area contributed by atoms with Gasteiger partial charge in [-0.1, -0.05) is 58.2 Å². The van der Waals surface area contributed by atoms with Gasteiger partial charge in [-0.25, -0.2) is 0 Å². The standard InChI is InChI=1S/C16H30N2OS/c1-13(2)12-18(11-10-15(17)20)16(19)9-8-14-6-4-3-5-7-14/h13-14H,3-12H2,1-2H3,(H2,17,20). The van der Waals surface area contributed by atoms with E-state index in [-0.39, 0.29) is 5.91 Å². The highest BCUT2D eigenvalue weighted by atomic mass is 32.1. The number of hydrogen-bond acceptors (Lipinski definition) is 2. The van der Waals surface area contributed by atoms with E-state index in [0.29, 0.717) is 30.3 Å². The van der Waals surface area contributed by atoms with Gasteiger partial charge in [-0.05, 0) is 18.3 Å². The van der Waals surface area contributed by atoms with E-state index >= 15 is 0 Å². The van der Waals surface area contributed by atoms with Crippen molar-refractivity contribution in [2.45, 2.75) is 65.2 Å². The summed E-state index contributed by atoms with van der Waals surface area (Å²) in [5, 5.41) is 0. The van der Waals surface area contributed by atoms with Crippen molar-refractivity contribution in [1.82, 2.24) is 4.90 Å². The van der Waals surface area contributed by atoms with Crippen LogP contribution >= 0.6 is 12.2 Å². The lowest BCUT2D eigenvalue weighted by Gasteiger charge is -2.26. The first-order valence-electron chi connectivity index (χ1n) is 8.05. The number of rotatable bonds is 8. The fraction of sp³-hybridized carbons (Fsp3) is 0.875. The molecule has 0 aromatic heterocycles. The predicted octanol–water partition coefficient (Wildman–Crippen LogP) is 3.51. The lowest BCUT2D eigenvalue weighted by Crippen LogP contribution is -2.36. The first kappa shape index (κ1) is 17.4. The van der Waals surface area contributed by atoms with E-state index in [2.05, 4.69) is 13.8 Å². The summed E-state index contributed by atoms with van der Waals surface area (Å²) in [5.41, 5.74) is 5.56. The van der Waals surface area contributed by atoms with Crippen LogP contribution in [0.4, 0.5) is 0 Å². The first-order valence-corrected chi connectivity index (χ1v) is 8.46. The zero-order chi connectivity index (χ0) is 15.0. The SMILES string of the molecule is CC(C)CN(CCC(N)=S)C(=O)CCC1CCCCC1. The minimum Gasteiger partial charge on any atom is -0.393 e. The van der Waals surface area contributed by atoms with Crippen LogP contribution in [0.5, 0.6) is 0 Å². The van der Waals surface area contributed by atoms with Crippen LogP contribution in [-0.4, -0.2) is 28.9 Å². The molecule has 1 saturated carbocycles. The Balaban J connectivity index is 2.38. The molecule has 1 fully saturated rings. The maximum atomic E-state index is 12.4. The number of amides is 1. The molecule has 0 radical (unpaired) electrons. The summed E-state index contributed by atoms with van der Waals surface area (Å²) < 4.78 is 0. The first-order chi connectivity index (χ1) is 9.49. The monoisotopic (exact) mass is 298 g/mol. The number of nitrogens with zero attached hydrogens (tertiary/aromatic N) is 1. The van der Waals surface area contributed by atoms with Gasteiger partial charge in [0.1, 0.15) is 0 Å². The maximum absolute atomic E-state index is 12.4. The summed E-state index contributed by atoms with van der Waals surface area (Å²) >= 11 is 4.92. The van der Waals surface area contributed by atoms with Crippen molar-refractivity contribution in [3.8, 4) is 0 Å². The van der Waals surface area contributed by atoms with Crippen molar-refractivity contribution >= 4 is 23.1 Å². The highest BCUT2D eigenvalue weighted by Gasteiger charge is 2.18. The zero-order valence-corrected chi connectivity index (χ0v) is 13.9. The maximum Gasteiger partial charge on any atom is 0.222 e. The molecule has 20 heavy (non-hydrogen) atoms. The molecular formula is C16H30N2OS. The van der Waals surface area contributed by atoms with Crippen LogP contribution in [0.1, 0.15) is 65.2 Å². The second-order valence-electron chi connectivity index (χ2n) is 6.49. The Morgan fingerprint density at radius 3 is 2.45 bits per heavy atom. The minimum atomic E-state index is 0.278. The van der Waals surface area contributed by atoms with Crippen molar-refractivity contribution in [3.05, 3.63) is 0 Å². The zero-order valence-electron chi connectivity index (χ0n) is 13.1. The Morgan fingerprint density at radius 2 is 1.90 bits per heavy atom.